The van der Waals surface area contributed by atoms with Crippen molar-refractivity contribution in [1.29, 1.82) is 0 Å². The van der Waals surface area contributed by atoms with Crippen molar-refractivity contribution < 1.29 is 9.59 Å². The minimum absolute atomic E-state index is 0.351. The average Bonchev–Trinajstić information content (AvgIpc) is 2.63. The number of rotatable bonds is 0. The number of hydrogen-bond donors (Lipinski definition) is 1. The van der Waals surface area contributed by atoms with Crippen LogP contribution in [0.1, 0.15) is 15.9 Å². The van der Waals surface area contributed by atoms with Gasteiger partial charge in [0.05, 0.1) is 10.9 Å². The first-order valence-corrected chi connectivity index (χ1v) is 4.50. The Morgan fingerprint density at radius 1 is 1.20 bits per heavy atom. The summed E-state index contributed by atoms with van der Waals surface area (Å²) in [5.74, 6) is -0.720. The minimum atomic E-state index is -0.369. The summed E-state index contributed by atoms with van der Waals surface area (Å²) in [6, 6.07) is 3.54. The number of benzene rings is 1. The number of imide groups is 1. The molecule has 0 radical (unpaired) electrons. The first kappa shape index (κ1) is 8.11. The summed E-state index contributed by atoms with van der Waals surface area (Å²) in [5, 5.41) is 3.68. The van der Waals surface area contributed by atoms with Crippen molar-refractivity contribution in [3.63, 3.8) is 0 Å². The van der Waals surface area contributed by atoms with Crippen LogP contribution < -0.4 is 15.9 Å². The summed E-state index contributed by atoms with van der Waals surface area (Å²) >= 11 is 0. The molecule has 0 unspecified atom stereocenters. The van der Waals surface area contributed by atoms with Crippen LogP contribution in [0, 0.1) is 0 Å². The van der Waals surface area contributed by atoms with Gasteiger partial charge in [0, 0.05) is 17.8 Å². The summed E-state index contributed by atoms with van der Waals surface area (Å²) in [5.41, 5.74) is 1.32. The standard InChI is InChI=1S/C11H6N2O2/c14-9-5-6-1-2-8-7(3-4-12-8)10(6)11(15)13-9/h1-5H,(H,13,14,15). The lowest BCUT2D eigenvalue weighted by atomic mass is 10.0. The summed E-state index contributed by atoms with van der Waals surface area (Å²) in [6.07, 6.45) is 4.84. The van der Waals surface area contributed by atoms with E-state index in [0.717, 1.165) is 10.9 Å². The smallest absolute Gasteiger partial charge is 0.259 e. The van der Waals surface area contributed by atoms with E-state index in [2.05, 4.69) is 10.3 Å². The molecule has 3 rings (SSSR count). The van der Waals surface area contributed by atoms with Gasteiger partial charge in [0.2, 0.25) is 0 Å². The number of nitrogens with zero attached hydrogens (tertiary/aromatic N) is 1. The second kappa shape index (κ2) is 2.63. The van der Waals surface area contributed by atoms with E-state index in [9.17, 15) is 9.59 Å². The quantitative estimate of drug-likeness (QED) is 0.563. The van der Waals surface area contributed by atoms with E-state index < -0.39 is 0 Å². The van der Waals surface area contributed by atoms with Crippen molar-refractivity contribution in [2.75, 3.05) is 0 Å². The summed E-state index contributed by atoms with van der Waals surface area (Å²) in [4.78, 5) is 26.8. The molecule has 0 atom stereocenters. The molecule has 15 heavy (non-hydrogen) atoms. The van der Waals surface area contributed by atoms with Crippen molar-refractivity contribution in [3.05, 3.63) is 40.0 Å². The topological polar surface area (TPSA) is 58.5 Å². The maximum Gasteiger partial charge on any atom is 0.259 e. The van der Waals surface area contributed by atoms with E-state index >= 15 is 0 Å². The number of hydrogen-bond acceptors (Lipinski definition) is 3. The molecule has 2 aliphatic heterocycles. The minimum Gasteiger partial charge on any atom is -0.289 e. The van der Waals surface area contributed by atoms with Gasteiger partial charge in [0.1, 0.15) is 0 Å². The Morgan fingerprint density at radius 2 is 2.07 bits per heavy atom. The Labute approximate surface area is 84.6 Å². The van der Waals surface area contributed by atoms with E-state index in [4.69, 9.17) is 0 Å². The largest absolute Gasteiger partial charge is 0.289 e. The average molecular weight is 198 g/mol. The molecular weight excluding hydrogens is 192 g/mol. The van der Waals surface area contributed by atoms with E-state index in [1.165, 1.54) is 6.08 Å². The third-order valence-electron chi connectivity index (χ3n) is 2.46. The Kier molecular flexibility index (Phi) is 1.42. The molecule has 2 heterocycles. The molecule has 0 bridgehead atoms. The molecule has 0 saturated heterocycles. The SMILES string of the molecule is O=C1C=c2ccc3c(c2C(=O)N1)C=CN=3. The lowest BCUT2D eigenvalue weighted by Gasteiger charge is -2.10. The van der Waals surface area contributed by atoms with Crippen LogP contribution in [-0.4, -0.2) is 11.8 Å². The van der Waals surface area contributed by atoms with Gasteiger partial charge in [-0.2, -0.15) is 0 Å². The van der Waals surface area contributed by atoms with Crippen LogP contribution in [-0.2, 0) is 4.79 Å². The fraction of sp³-hybridized carbons (Fsp3) is 0. The molecule has 0 saturated carbocycles. The van der Waals surface area contributed by atoms with Crippen LogP contribution in [0.2, 0.25) is 0 Å². The van der Waals surface area contributed by atoms with Gasteiger partial charge >= 0.3 is 0 Å². The van der Waals surface area contributed by atoms with Gasteiger partial charge in [-0.3, -0.25) is 19.9 Å². The van der Waals surface area contributed by atoms with Crippen molar-refractivity contribution in [2.45, 2.75) is 0 Å². The maximum absolute atomic E-state index is 11.6. The van der Waals surface area contributed by atoms with Crippen molar-refractivity contribution in [2.24, 2.45) is 4.99 Å². The van der Waals surface area contributed by atoms with E-state index in [1.54, 1.807) is 24.4 Å². The second-order valence-electron chi connectivity index (χ2n) is 3.37. The zero-order chi connectivity index (χ0) is 10.4. The maximum atomic E-state index is 11.6. The van der Waals surface area contributed by atoms with Crippen LogP contribution in [0.3, 0.4) is 0 Å². The molecular formula is C11H6N2O2. The van der Waals surface area contributed by atoms with Gasteiger partial charge < -0.3 is 0 Å². The number of amides is 2. The van der Waals surface area contributed by atoms with Crippen LogP contribution in [0.15, 0.2) is 23.3 Å². The predicted molar refractivity (Wildman–Crippen MR) is 53.2 cm³/mol. The Hall–Kier alpha value is -2.23. The third kappa shape index (κ3) is 1.05. The summed E-state index contributed by atoms with van der Waals surface area (Å²) < 4.78 is 0. The van der Waals surface area contributed by atoms with Crippen molar-refractivity contribution >= 4 is 24.0 Å². The highest BCUT2D eigenvalue weighted by Crippen LogP contribution is 2.07. The van der Waals surface area contributed by atoms with Gasteiger partial charge in [-0.25, -0.2) is 0 Å². The fourth-order valence-corrected chi connectivity index (χ4v) is 1.82. The van der Waals surface area contributed by atoms with Gasteiger partial charge in [-0.05, 0) is 17.4 Å². The fourth-order valence-electron chi connectivity index (χ4n) is 1.82. The van der Waals surface area contributed by atoms with Crippen LogP contribution in [0.25, 0.3) is 12.2 Å². The van der Waals surface area contributed by atoms with Crippen LogP contribution in [0.4, 0.5) is 0 Å². The number of carbonyl (C=O) groups is 2. The lowest BCUT2D eigenvalue weighted by molar-refractivity contribution is -0.114. The first-order chi connectivity index (χ1) is 7.25. The van der Waals surface area contributed by atoms with E-state index in [0.29, 0.717) is 10.8 Å². The highest BCUT2D eigenvalue weighted by atomic mass is 16.2. The molecule has 4 nitrogen and oxygen atoms in total. The number of nitrogens with one attached hydrogen (secondary N) is 1. The predicted octanol–water partition coefficient (Wildman–Crippen LogP) is -0.659. The number of carbonyl (C=O) groups excluding carboxylic acids is 2. The van der Waals surface area contributed by atoms with Crippen molar-refractivity contribution in [3.8, 4) is 0 Å². The molecule has 0 aromatic heterocycles. The normalized spacial score (nSPS) is 16.3. The zero-order valence-corrected chi connectivity index (χ0v) is 7.65. The Bertz CT molecular complexity index is 641. The van der Waals surface area contributed by atoms with Crippen molar-refractivity contribution in [1.82, 2.24) is 5.32 Å². The van der Waals surface area contributed by atoms with Gasteiger partial charge in [0.25, 0.3) is 11.8 Å². The van der Waals surface area contributed by atoms with Gasteiger partial charge in [-0.15, -0.1) is 0 Å². The molecule has 0 fully saturated rings. The highest BCUT2D eigenvalue weighted by Gasteiger charge is 2.20. The first-order valence-electron chi connectivity index (χ1n) is 4.50. The second-order valence-corrected chi connectivity index (χ2v) is 3.37. The molecule has 1 aromatic carbocycles. The van der Waals surface area contributed by atoms with E-state index in [1.807, 2.05) is 0 Å². The Balaban J connectivity index is 2.48. The summed E-state index contributed by atoms with van der Waals surface area (Å²) in [6.45, 7) is 0. The monoisotopic (exact) mass is 198 g/mol. The van der Waals surface area contributed by atoms with Crippen LogP contribution in [0.5, 0.6) is 0 Å². The third-order valence-corrected chi connectivity index (χ3v) is 2.46. The summed E-state index contributed by atoms with van der Waals surface area (Å²) in [7, 11) is 0. The molecule has 2 aliphatic rings. The van der Waals surface area contributed by atoms with Gasteiger partial charge in [-0.1, -0.05) is 6.07 Å². The zero-order valence-electron chi connectivity index (χ0n) is 7.65. The molecule has 1 aromatic rings. The molecule has 2 amide bonds. The Morgan fingerprint density at radius 3 is 2.93 bits per heavy atom. The van der Waals surface area contributed by atoms with Gasteiger partial charge in [0.15, 0.2) is 0 Å². The number of fused-ring (bicyclic) bond motifs is 3. The van der Waals surface area contributed by atoms with E-state index in [-0.39, 0.29) is 11.8 Å². The molecule has 4 heteroatoms. The lowest BCUT2D eigenvalue weighted by Crippen LogP contribution is -2.40. The molecule has 72 valence electrons. The molecule has 0 aliphatic carbocycles. The van der Waals surface area contributed by atoms with Crippen LogP contribution >= 0.6 is 0 Å². The highest BCUT2D eigenvalue weighted by molar-refractivity contribution is 6.20. The molecule has 1 N–H and O–H groups in total. The molecule has 0 spiro atoms.